The maximum Gasteiger partial charge on any atom is 0.416 e. The minimum atomic E-state index is -4.46. The normalized spacial score (nSPS) is 11.1. The zero-order chi connectivity index (χ0) is 19.4. The van der Waals surface area contributed by atoms with Crippen LogP contribution in [0.15, 0.2) is 60.8 Å². The Morgan fingerprint density at radius 2 is 1.81 bits per heavy atom. The molecule has 1 amide bonds. The number of carbonyl (C=O) groups excluding carboxylic acids is 1. The van der Waals surface area contributed by atoms with Crippen molar-refractivity contribution in [2.24, 2.45) is 0 Å². The molecule has 0 spiro atoms. The first kappa shape index (κ1) is 18.7. The lowest BCUT2D eigenvalue weighted by Crippen LogP contribution is -2.15. The van der Waals surface area contributed by atoms with Gasteiger partial charge in [-0.25, -0.2) is 9.97 Å². The molecule has 9 heteroatoms. The quantitative estimate of drug-likeness (QED) is 0.644. The molecule has 0 atom stereocenters. The van der Waals surface area contributed by atoms with Gasteiger partial charge in [-0.1, -0.05) is 29.8 Å². The molecule has 0 fully saturated rings. The summed E-state index contributed by atoms with van der Waals surface area (Å²) in [6.07, 6.45) is -3.14. The van der Waals surface area contributed by atoms with Crippen molar-refractivity contribution in [2.75, 3.05) is 10.6 Å². The molecule has 2 aromatic carbocycles. The van der Waals surface area contributed by atoms with Gasteiger partial charge in [-0.15, -0.1) is 0 Å². The number of carbonyl (C=O) groups is 1. The Kier molecular flexibility index (Phi) is 5.27. The number of hydrogen-bond acceptors (Lipinski definition) is 4. The lowest BCUT2D eigenvalue weighted by atomic mass is 10.2. The Hall–Kier alpha value is -3.13. The van der Waals surface area contributed by atoms with E-state index >= 15 is 0 Å². The van der Waals surface area contributed by atoms with E-state index in [0.717, 1.165) is 12.1 Å². The topological polar surface area (TPSA) is 66.9 Å². The van der Waals surface area contributed by atoms with Gasteiger partial charge in [0.25, 0.3) is 5.91 Å². The predicted molar refractivity (Wildman–Crippen MR) is 96.2 cm³/mol. The van der Waals surface area contributed by atoms with Crippen LogP contribution in [-0.4, -0.2) is 15.9 Å². The third-order valence-electron chi connectivity index (χ3n) is 3.46. The van der Waals surface area contributed by atoms with E-state index in [9.17, 15) is 18.0 Å². The van der Waals surface area contributed by atoms with Gasteiger partial charge < -0.3 is 10.6 Å². The first-order chi connectivity index (χ1) is 12.8. The average molecular weight is 393 g/mol. The molecule has 0 aliphatic rings. The second kappa shape index (κ2) is 7.63. The predicted octanol–water partition coefficient (Wildman–Crippen LogP) is 5.14. The van der Waals surface area contributed by atoms with Gasteiger partial charge in [-0.2, -0.15) is 13.2 Å². The van der Waals surface area contributed by atoms with Gasteiger partial charge in [0.05, 0.1) is 16.3 Å². The maximum atomic E-state index is 12.8. The van der Waals surface area contributed by atoms with Crippen LogP contribution in [-0.2, 0) is 6.18 Å². The van der Waals surface area contributed by atoms with E-state index in [2.05, 4.69) is 20.6 Å². The Labute approximate surface area is 157 Å². The number of aromatic nitrogens is 2. The van der Waals surface area contributed by atoms with Crippen molar-refractivity contribution in [3.63, 3.8) is 0 Å². The molecule has 138 valence electrons. The Bertz CT molecular complexity index is 979. The summed E-state index contributed by atoms with van der Waals surface area (Å²) in [5, 5.41) is 5.63. The number of alkyl halides is 3. The van der Waals surface area contributed by atoms with Crippen molar-refractivity contribution in [1.82, 2.24) is 9.97 Å². The average Bonchev–Trinajstić information content (AvgIpc) is 2.63. The lowest BCUT2D eigenvalue weighted by Gasteiger charge is -2.10. The monoisotopic (exact) mass is 392 g/mol. The summed E-state index contributed by atoms with van der Waals surface area (Å²) < 4.78 is 38.4. The van der Waals surface area contributed by atoms with Crippen molar-refractivity contribution in [3.05, 3.63) is 77.1 Å². The summed E-state index contributed by atoms with van der Waals surface area (Å²) in [4.78, 5) is 20.3. The molecular formula is C18H12ClF3N4O. The molecule has 3 rings (SSSR count). The molecule has 0 saturated heterocycles. The Balaban J connectivity index is 1.78. The van der Waals surface area contributed by atoms with Crippen LogP contribution >= 0.6 is 11.6 Å². The zero-order valence-electron chi connectivity index (χ0n) is 13.6. The summed E-state index contributed by atoms with van der Waals surface area (Å²) in [6, 6.07) is 12.7. The minimum absolute atomic E-state index is 0.0128. The van der Waals surface area contributed by atoms with Crippen molar-refractivity contribution in [1.29, 1.82) is 0 Å². The van der Waals surface area contributed by atoms with E-state index in [0.29, 0.717) is 10.7 Å². The fraction of sp³-hybridized carbons (Fsp3) is 0.0556. The fourth-order valence-electron chi connectivity index (χ4n) is 2.20. The number of rotatable bonds is 4. The van der Waals surface area contributed by atoms with Crippen molar-refractivity contribution in [2.45, 2.75) is 6.18 Å². The third kappa shape index (κ3) is 4.73. The van der Waals surface area contributed by atoms with E-state index in [1.54, 1.807) is 24.3 Å². The van der Waals surface area contributed by atoms with Crippen LogP contribution < -0.4 is 10.6 Å². The number of nitrogens with zero attached hydrogens (tertiary/aromatic N) is 2. The van der Waals surface area contributed by atoms with Crippen LogP contribution in [0.4, 0.5) is 30.5 Å². The number of halogens is 4. The van der Waals surface area contributed by atoms with E-state index in [1.165, 1.54) is 24.4 Å². The van der Waals surface area contributed by atoms with Gasteiger partial charge in [0.2, 0.25) is 5.95 Å². The number of para-hydroxylation sites is 1. The molecular weight excluding hydrogens is 381 g/mol. The molecule has 0 aliphatic carbocycles. The highest BCUT2D eigenvalue weighted by Crippen LogP contribution is 2.31. The van der Waals surface area contributed by atoms with E-state index in [4.69, 9.17) is 11.6 Å². The summed E-state index contributed by atoms with van der Waals surface area (Å²) >= 11 is 5.99. The highest BCUT2D eigenvalue weighted by atomic mass is 35.5. The molecule has 2 N–H and O–H groups in total. The first-order valence-electron chi connectivity index (χ1n) is 7.66. The van der Waals surface area contributed by atoms with Crippen molar-refractivity contribution >= 4 is 34.8 Å². The molecule has 0 bridgehead atoms. The molecule has 1 aromatic heterocycles. The number of benzene rings is 2. The van der Waals surface area contributed by atoms with Crippen LogP contribution in [0.1, 0.15) is 16.1 Å². The van der Waals surface area contributed by atoms with Crippen LogP contribution in [0.25, 0.3) is 0 Å². The minimum Gasteiger partial charge on any atom is -0.324 e. The summed E-state index contributed by atoms with van der Waals surface area (Å²) in [5.41, 5.74) is -0.219. The van der Waals surface area contributed by atoms with E-state index in [1.807, 2.05) is 0 Å². The smallest absolute Gasteiger partial charge is 0.324 e. The van der Waals surface area contributed by atoms with Crippen LogP contribution in [0.2, 0.25) is 5.02 Å². The molecule has 0 aliphatic heterocycles. The number of nitrogens with one attached hydrogen (secondary N) is 2. The summed E-state index contributed by atoms with van der Waals surface area (Å²) in [5.74, 6) is -0.543. The Morgan fingerprint density at radius 3 is 2.56 bits per heavy atom. The highest BCUT2D eigenvalue weighted by Gasteiger charge is 2.30. The third-order valence-corrected chi connectivity index (χ3v) is 3.79. The summed E-state index contributed by atoms with van der Waals surface area (Å²) in [6.45, 7) is 0. The fourth-order valence-corrected chi connectivity index (χ4v) is 2.38. The van der Waals surface area contributed by atoms with Crippen molar-refractivity contribution in [3.8, 4) is 0 Å². The maximum absolute atomic E-state index is 12.8. The molecule has 0 unspecified atom stereocenters. The van der Waals surface area contributed by atoms with Crippen molar-refractivity contribution < 1.29 is 18.0 Å². The molecule has 0 radical (unpaired) electrons. The second-order valence-corrected chi connectivity index (χ2v) is 5.81. The standard InChI is InChI=1S/C18H12ClF3N4O/c19-13-6-1-2-7-14(13)25-16(27)15-8-9-23-17(26-15)24-12-5-3-4-11(10-12)18(20,21)22/h1-10H,(H,25,27)(H,23,24,26). The zero-order valence-corrected chi connectivity index (χ0v) is 14.3. The van der Waals surface area contributed by atoms with Crippen LogP contribution in [0, 0.1) is 0 Å². The second-order valence-electron chi connectivity index (χ2n) is 5.40. The number of amides is 1. The number of hydrogen-bond donors (Lipinski definition) is 2. The SMILES string of the molecule is O=C(Nc1ccccc1Cl)c1ccnc(Nc2cccc(C(F)(F)F)c2)n1. The first-order valence-corrected chi connectivity index (χ1v) is 8.04. The summed E-state index contributed by atoms with van der Waals surface area (Å²) in [7, 11) is 0. The molecule has 1 heterocycles. The van der Waals surface area contributed by atoms with Gasteiger partial charge in [0.1, 0.15) is 5.69 Å². The van der Waals surface area contributed by atoms with Crippen LogP contribution in [0.5, 0.6) is 0 Å². The van der Waals surface area contributed by atoms with Gasteiger partial charge in [0.15, 0.2) is 0 Å². The van der Waals surface area contributed by atoms with E-state index in [-0.39, 0.29) is 17.3 Å². The lowest BCUT2D eigenvalue weighted by molar-refractivity contribution is -0.137. The molecule has 0 saturated carbocycles. The van der Waals surface area contributed by atoms with E-state index < -0.39 is 17.6 Å². The van der Waals surface area contributed by atoms with Crippen LogP contribution in [0.3, 0.4) is 0 Å². The van der Waals surface area contributed by atoms with Gasteiger partial charge >= 0.3 is 6.18 Å². The van der Waals surface area contributed by atoms with Gasteiger partial charge in [-0.05, 0) is 36.4 Å². The molecule has 5 nitrogen and oxygen atoms in total. The number of anilines is 3. The Morgan fingerprint density at radius 1 is 1.04 bits per heavy atom. The van der Waals surface area contributed by atoms with Gasteiger partial charge in [-0.3, -0.25) is 4.79 Å². The molecule has 3 aromatic rings. The largest absolute Gasteiger partial charge is 0.416 e. The molecule has 27 heavy (non-hydrogen) atoms. The van der Waals surface area contributed by atoms with Gasteiger partial charge in [0, 0.05) is 11.9 Å². The highest BCUT2D eigenvalue weighted by molar-refractivity contribution is 6.33.